The molecule has 2 saturated heterocycles. The number of nitrogens with one attached hydrogen (secondary N) is 2. The van der Waals surface area contributed by atoms with Crippen molar-refractivity contribution in [3.63, 3.8) is 0 Å². The van der Waals surface area contributed by atoms with Crippen molar-refractivity contribution in [2.75, 3.05) is 33.4 Å². The summed E-state index contributed by atoms with van der Waals surface area (Å²) in [5, 5.41) is 17.0. The zero-order valence-corrected chi connectivity index (χ0v) is 28.8. The van der Waals surface area contributed by atoms with E-state index in [1.165, 1.54) is 17.4 Å². The number of nitrogens with zero attached hydrogens (tertiary/aromatic N) is 1. The third kappa shape index (κ3) is 9.16. The minimum atomic E-state index is -4.07. The summed E-state index contributed by atoms with van der Waals surface area (Å²) in [5.41, 5.74) is 6.27. The smallest absolute Gasteiger partial charge is 0.407 e. The molecule has 1 aromatic carbocycles. The average molecular weight is 691 g/mol. The van der Waals surface area contributed by atoms with Crippen LogP contribution in [0.5, 0.6) is 0 Å². The second kappa shape index (κ2) is 15.7. The Balaban J connectivity index is 1.32. The number of rotatable bonds is 15. The molecular formula is C34H50N4O9S. The third-order valence-electron chi connectivity index (χ3n) is 9.62. The van der Waals surface area contributed by atoms with E-state index >= 15 is 0 Å². The number of fused-ring (bicyclic) bond motifs is 2. The number of amides is 2. The van der Waals surface area contributed by atoms with E-state index in [-0.39, 0.29) is 55.4 Å². The maximum Gasteiger partial charge on any atom is 0.407 e. The highest BCUT2D eigenvalue weighted by Crippen LogP contribution is 2.46. The highest BCUT2D eigenvalue weighted by molar-refractivity contribution is 7.93. The van der Waals surface area contributed by atoms with E-state index in [2.05, 4.69) is 10.6 Å². The van der Waals surface area contributed by atoms with Gasteiger partial charge in [-0.3, -0.25) is 0 Å². The van der Waals surface area contributed by atoms with Gasteiger partial charge in [-0.15, -0.1) is 0 Å². The Morgan fingerprint density at radius 3 is 2.65 bits per heavy atom. The number of carbonyl (C=O) groups is 2. The van der Waals surface area contributed by atoms with Crippen LogP contribution in [0.25, 0.3) is 0 Å². The van der Waals surface area contributed by atoms with Gasteiger partial charge in [0.15, 0.2) is 6.29 Å². The lowest BCUT2D eigenvalue weighted by molar-refractivity contribution is -0.153. The van der Waals surface area contributed by atoms with Gasteiger partial charge in [-0.05, 0) is 55.6 Å². The maximum absolute atomic E-state index is 14.1. The molecule has 2 heterocycles. The van der Waals surface area contributed by atoms with Gasteiger partial charge in [0.05, 0.1) is 36.4 Å². The maximum atomic E-state index is 14.1. The van der Waals surface area contributed by atoms with Crippen molar-refractivity contribution in [1.82, 2.24) is 14.9 Å². The van der Waals surface area contributed by atoms with Gasteiger partial charge < -0.3 is 40.4 Å². The predicted octanol–water partition coefficient (Wildman–Crippen LogP) is 2.80. The molecule has 4 aliphatic rings. The van der Waals surface area contributed by atoms with Crippen molar-refractivity contribution < 1.29 is 42.1 Å². The monoisotopic (exact) mass is 690 g/mol. The Labute approximate surface area is 283 Å². The van der Waals surface area contributed by atoms with Crippen LogP contribution in [0, 0.1) is 17.3 Å². The number of nitrogens with two attached hydrogens (primary N) is 1. The second-order valence-corrected chi connectivity index (χ2v) is 16.0. The standard InChI is InChI=1S/C34H50N4O9S/c1-34(2,14-7-15-44-32(40)36-3)21-38(48(42,43)26-12-10-25(35)11-13-26)19-28(39)27(16-22-8-5-4-6-9-22)37-33(41)47-30-24-17-23-18-29(30)46-31(23)45-20-24/h4-6,8-10,12-13,23-25,27-31,39H,7,11,14-21,35H2,1-3H3,(H,36,40)(H,37,41)/t23?,24?,25?,27-,28+,29?,30?,31?/m0/s1. The average Bonchev–Trinajstić information content (AvgIpc) is 3.35. The first-order valence-corrected chi connectivity index (χ1v) is 18.2. The first-order valence-electron chi connectivity index (χ1n) is 16.8. The molecule has 0 spiro atoms. The summed E-state index contributed by atoms with van der Waals surface area (Å²) in [6, 6.07) is 8.22. The van der Waals surface area contributed by atoms with Crippen LogP contribution in [0.3, 0.4) is 0 Å². The molecule has 2 aliphatic carbocycles. The molecule has 0 radical (unpaired) electrons. The van der Waals surface area contributed by atoms with E-state index in [0.717, 1.165) is 18.4 Å². The Morgan fingerprint density at radius 1 is 1.17 bits per heavy atom. The minimum Gasteiger partial charge on any atom is -0.450 e. The van der Waals surface area contributed by atoms with Crippen molar-refractivity contribution in [2.24, 2.45) is 23.0 Å². The topological polar surface area (TPSA) is 179 Å². The summed E-state index contributed by atoms with van der Waals surface area (Å²) < 4.78 is 52.4. The lowest BCUT2D eigenvalue weighted by Gasteiger charge is -2.37. The van der Waals surface area contributed by atoms with Gasteiger partial charge in [-0.25, -0.2) is 18.0 Å². The molecule has 14 heteroatoms. The molecule has 2 amide bonds. The van der Waals surface area contributed by atoms with E-state index in [0.29, 0.717) is 31.8 Å². The number of alkyl carbamates (subject to hydrolysis) is 2. The number of carbonyl (C=O) groups excluding carboxylic acids is 2. The molecule has 266 valence electrons. The van der Waals surface area contributed by atoms with Crippen LogP contribution < -0.4 is 16.4 Å². The zero-order valence-electron chi connectivity index (χ0n) is 28.0. The Bertz CT molecular complexity index is 1430. The quantitative estimate of drug-likeness (QED) is 0.200. The molecule has 0 aromatic heterocycles. The van der Waals surface area contributed by atoms with Crippen molar-refractivity contribution in [3.05, 3.63) is 59.0 Å². The molecular weight excluding hydrogens is 640 g/mol. The van der Waals surface area contributed by atoms with Gasteiger partial charge >= 0.3 is 12.2 Å². The van der Waals surface area contributed by atoms with E-state index < -0.39 is 45.9 Å². The Hall–Kier alpha value is -3.01. The van der Waals surface area contributed by atoms with Gasteiger partial charge in [0.1, 0.15) is 6.10 Å². The summed E-state index contributed by atoms with van der Waals surface area (Å²) in [6.07, 6.45) is 4.56. The molecule has 3 bridgehead atoms. The molecule has 5 rings (SSSR count). The summed E-state index contributed by atoms with van der Waals surface area (Å²) >= 11 is 0. The molecule has 6 unspecified atom stereocenters. The molecule has 48 heavy (non-hydrogen) atoms. The minimum absolute atomic E-state index is 0.0327. The van der Waals surface area contributed by atoms with Gasteiger partial charge in [-0.1, -0.05) is 56.3 Å². The summed E-state index contributed by atoms with van der Waals surface area (Å²) in [7, 11) is -2.59. The molecule has 2 aliphatic heterocycles. The molecule has 3 fully saturated rings. The fourth-order valence-electron chi connectivity index (χ4n) is 7.07. The first-order chi connectivity index (χ1) is 22.8. The fraction of sp³-hybridized carbons (Fsp3) is 0.647. The molecule has 1 aromatic rings. The number of allylic oxidation sites excluding steroid dienone is 1. The second-order valence-electron chi connectivity index (χ2n) is 14.1. The summed E-state index contributed by atoms with van der Waals surface area (Å²) in [4.78, 5) is 25.0. The summed E-state index contributed by atoms with van der Waals surface area (Å²) in [6.45, 7) is 4.27. The van der Waals surface area contributed by atoms with Crippen LogP contribution in [0.2, 0.25) is 0 Å². The Kier molecular flexibility index (Phi) is 11.9. The van der Waals surface area contributed by atoms with Crippen LogP contribution in [0.1, 0.15) is 51.5 Å². The van der Waals surface area contributed by atoms with Crippen LogP contribution in [-0.4, -0.2) is 100 Å². The van der Waals surface area contributed by atoms with E-state index in [1.807, 2.05) is 44.2 Å². The lowest BCUT2D eigenvalue weighted by Crippen LogP contribution is -2.53. The van der Waals surface area contributed by atoms with Gasteiger partial charge in [0.25, 0.3) is 0 Å². The van der Waals surface area contributed by atoms with Gasteiger partial charge in [-0.2, -0.15) is 4.31 Å². The molecule has 5 N–H and O–H groups in total. The fourth-order valence-corrected chi connectivity index (χ4v) is 8.79. The lowest BCUT2D eigenvalue weighted by atomic mass is 9.78. The van der Waals surface area contributed by atoms with Gasteiger partial charge in [0.2, 0.25) is 10.0 Å². The molecule has 13 nitrogen and oxygen atoms in total. The Morgan fingerprint density at radius 2 is 1.94 bits per heavy atom. The highest BCUT2D eigenvalue weighted by atomic mass is 32.2. The van der Waals surface area contributed by atoms with Crippen LogP contribution in [-0.2, 0) is 35.4 Å². The number of hydrogen-bond acceptors (Lipinski definition) is 10. The van der Waals surface area contributed by atoms with Crippen molar-refractivity contribution in [3.8, 4) is 0 Å². The zero-order chi connectivity index (χ0) is 34.5. The largest absolute Gasteiger partial charge is 0.450 e. The number of sulfonamides is 1. The highest BCUT2D eigenvalue weighted by Gasteiger charge is 2.53. The summed E-state index contributed by atoms with van der Waals surface area (Å²) in [5.74, 6) is 0.347. The van der Waals surface area contributed by atoms with Crippen LogP contribution >= 0.6 is 0 Å². The van der Waals surface area contributed by atoms with Crippen molar-refractivity contribution >= 4 is 22.2 Å². The van der Waals surface area contributed by atoms with Crippen LogP contribution in [0.4, 0.5) is 9.59 Å². The van der Waals surface area contributed by atoms with E-state index in [9.17, 15) is 23.1 Å². The van der Waals surface area contributed by atoms with E-state index in [1.54, 1.807) is 12.2 Å². The van der Waals surface area contributed by atoms with Gasteiger partial charge in [0, 0.05) is 38.0 Å². The SMILES string of the molecule is CNC(=O)OCCCC(C)(C)CN(C[C@@H](O)[C@H](Cc1ccccc1)NC(=O)OC1C2COC3OC1CC3C2)S(=O)(=O)C1=CCC(N)C=C1. The first kappa shape index (κ1) is 36.3. The number of aliphatic hydroxyl groups excluding tert-OH is 1. The number of hydrogen-bond donors (Lipinski definition) is 4. The predicted molar refractivity (Wildman–Crippen MR) is 178 cm³/mol. The number of aliphatic hydroxyl groups is 1. The molecule has 8 atom stereocenters. The van der Waals surface area contributed by atoms with Crippen molar-refractivity contribution in [1.29, 1.82) is 0 Å². The van der Waals surface area contributed by atoms with Crippen LogP contribution in [0.15, 0.2) is 53.5 Å². The third-order valence-corrected chi connectivity index (χ3v) is 11.5. The van der Waals surface area contributed by atoms with Crippen molar-refractivity contribution in [2.45, 2.75) is 89.1 Å². The normalized spacial score (nSPS) is 27.7. The number of benzene rings is 1. The number of ether oxygens (including phenoxy) is 4. The molecule has 1 saturated carbocycles. The van der Waals surface area contributed by atoms with E-state index in [4.69, 9.17) is 24.7 Å².